The van der Waals surface area contributed by atoms with Gasteiger partial charge in [-0.3, -0.25) is 21.5 Å². The predicted molar refractivity (Wildman–Crippen MR) is 90.2 cm³/mol. The first-order valence-electron chi connectivity index (χ1n) is 6.21. The van der Waals surface area contributed by atoms with Crippen molar-refractivity contribution in [2.75, 3.05) is 10.9 Å². The van der Waals surface area contributed by atoms with Gasteiger partial charge in [-0.05, 0) is 38.1 Å². The van der Waals surface area contributed by atoms with Crippen LogP contribution in [0.25, 0.3) is 0 Å². The third-order valence-corrected chi connectivity index (χ3v) is 2.55. The average molecular weight is 309 g/mol. The molecule has 0 aromatic heterocycles. The highest BCUT2D eigenvalue weighted by molar-refractivity contribution is 5.85. The molecule has 114 valence electrons. The largest absolute Gasteiger partial charge is 0.324 e. The second-order valence-electron chi connectivity index (χ2n) is 4.26. The summed E-state index contributed by atoms with van der Waals surface area (Å²) in [7, 11) is 0. The fourth-order valence-electron chi connectivity index (χ4n) is 1.40. The van der Waals surface area contributed by atoms with Gasteiger partial charge >= 0.3 is 0 Å². The minimum Gasteiger partial charge on any atom is -0.324 e. The van der Waals surface area contributed by atoms with Gasteiger partial charge < -0.3 is 5.43 Å². The number of nitrogens with one attached hydrogen (secondary N) is 3. The summed E-state index contributed by atoms with van der Waals surface area (Å²) in [5.74, 6) is 5.15. The van der Waals surface area contributed by atoms with Crippen LogP contribution in [0, 0.1) is 13.8 Å². The number of anilines is 2. The Balaban J connectivity index is 0.000000370. The summed E-state index contributed by atoms with van der Waals surface area (Å²) in [4.78, 5) is 9.87. The molecule has 2 aromatic rings. The molecular weight excluding hydrogens is 288 g/mol. The number of hydrogen-bond donors (Lipinski definition) is 4. The Morgan fingerprint density at radius 2 is 1.29 bits per heavy atom. The minimum atomic E-state index is 0. The molecule has 0 heterocycles. The molecule has 21 heavy (non-hydrogen) atoms. The number of amides is 1. The zero-order valence-corrected chi connectivity index (χ0v) is 12.9. The number of carbonyl (C=O) groups excluding carboxylic acids is 1. The van der Waals surface area contributed by atoms with E-state index in [4.69, 9.17) is 5.84 Å². The lowest BCUT2D eigenvalue weighted by Gasteiger charge is -2.02. The van der Waals surface area contributed by atoms with Crippen molar-refractivity contribution < 1.29 is 4.79 Å². The van der Waals surface area contributed by atoms with Crippen LogP contribution in [0.5, 0.6) is 0 Å². The summed E-state index contributed by atoms with van der Waals surface area (Å²) >= 11 is 0. The molecular formula is C15H21ClN4O. The van der Waals surface area contributed by atoms with Crippen LogP contribution < -0.4 is 22.1 Å². The molecule has 0 atom stereocenters. The lowest BCUT2D eigenvalue weighted by atomic mass is 10.2. The Bertz CT molecular complexity index is 514. The Morgan fingerprint density at radius 1 is 0.857 bits per heavy atom. The fraction of sp³-hybridized carbons (Fsp3) is 0.133. The summed E-state index contributed by atoms with van der Waals surface area (Å²) in [6.07, 6.45) is 0.597. The quantitative estimate of drug-likeness (QED) is 0.398. The van der Waals surface area contributed by atoms with Gasteiger partial charge in [0.2, 0.25) is 6.41 Å². The van der Waals surface area contributed by atoms with Gasteiger partial charge in [-0.1, -0.05) is 35.4 Å². The van der Waals surface area contributed by atoms with Crippen molar-refractivity contribution in [1.29, 1.82) is 0 Å². The first kappa shape index (κ1) is 18.8. The van der Waals surface area contributed by atoms with Crippen molar-refractivity contribution in [3.63, 3.8) is 0 Å². The maximum atomic E-state index is 9.87. The molecule has 2 aromatic carbocycles. The zero-order valence-electron chi connectivity index (χ0n) is 12.1. The Hall–Kier alpha value is -2.24. The van der Waals surface area contributed by atoms with E-state index in [0.29, 0.717) is 6.41 Å². The second-order valence-corrected chi connectivity index (χ2v) is 4.26. The topological polar surface area (TPSA) is 79.2 Å². The molecule has 5 nitrogen and oxygen atoms in total. The summed E-state index contributed by atoms with van der Waals surface area (Å²) in [6, 6.07) is 15.6. The molecule has 0 bridgehead atoms. The van der Waals surface area contributed by atoms with Crippen LogP contribution in [0.15, 0.2) is 48.5 Å². The van der Waals surface area contributed by atoms with Crippen molar-refractivity contribution in [2.24, 2.45) is 5.84 Å². The summed E-state index contributed by atoms with van der Waals surface area (Å²) in [5.41, 5.74) is 11.9. The SMILES string of the molecule is Cc1ccc(NN)cc1.Cc1ccc(NNC=O)cc1.Cl. The van der Waals surface area contributed by atoms with E-state index < -0.39 is 0 Å². The summed E-state index contributed by atoms with van der Waals surface area (Å²) in [6.45, 7) is 4.05. The number of aryl methyl sites for hydroxylation is 2. The zero-order chi connectivity index (χ0) is 14.8. The third kappa shape index (κ3) is 7.81. The van der Waals surface area contributed by atoms with Crippen LogP contribution in [0.2, 0.25) is 0 Å². The number of nitrogens with two attached hydrogens (primary N) is 1. The van der Waals surface area contributed by atoms with E-state index in [9.17, 15) is 4.79 Å². The summed E-state index contributed by atoms with van der Waals surface area (Å²) in [5, 5.41) is 0. The molecule has 0 saturated carbocycles. The van der Waals surface area contributed by atoms with Crippen molar-refractivity contribution in [3.8, 4) is 0 Å². The Morgan fingerprint density at radius 3 is 1.67 bits per heavy atom. The lowest BCUT2D eigenvalue weighted by molar-refractivity contribution is -0.109. The van der Waals surface area contributed by atoms with Gasteiger partial charge in [0.25, 0.3) is 0 Å². The molecule has 0 fully saturated rings. The van der Waals surface area contributed by atoms with Crippen molar-refractivity contribution >= 4 is 30.2 Å². The summed E-state index contributed by atoms with van der Waals surface area (Å²) < 4.78 is 0. The number of halogens is 1. The van der Waals surface area contributed by atoms with E-state index in [-0.39, 0.29) is 12.4 Å². The normalized spacial score (nSPS) is 8.52. The highest BCUT2D eigenvalue weighted by Gasteiger charge is 1.87. The Kier molecular flexibility index (Phi) is 9.41. The van der Waals surface area contributed by atoms with Crippen LogP contribution in [-0.2, 0) is 4.79 Å². The standard InChI is InChI=1S/C8H10N2O.C7H10N2.ClH/c1-7-2-4-8(5-3-7)10-9-6-11;1-6-2-4-7(9-8)5-3-6;/h2-6,10H,1H3,(H,9,11);2-5,9H,8H2,1H3;1H. The van der Waals surface area contributed by atoms with Crippen molar-refractivity contribution in [1.82, 2.24) is 5.43 Å². The number of nitrogen functional groups attached to an aromatic ring is 1. The molecule has 1 amide bonds. The third-order valence-electron chi connectivity index (χ3n) is 2.55. The van der Waals surface area contributed by atoms with Crippen LogP contribution in [-0.4, -0.2) is 6.41 Å². The molecule has 0 aliphatic carbocycles. The van der Waals surface area contributed by atoms with Crippen LogP contribution in [0.4, 0.5) is 11.4 Å². The lowest BCUT2D eigenvalue weighted by Crippen LogP contribution is -2.18. The molecule has 0 aliphatic rings. The van der Waals surface area contributed by atoms with Gasteiger partial charge in [0.05, 0.1) is 5.69 Å². The molecule has 0 saturated heterocycles. The number of hydrazine groups is 2. The number of benzene rings is 2. The molecule has 2 rings (SSSR count). The van der Waals surface area contributed by atoms with Gasteiger partial charge in [0.15, 0.2) is 0 Å². The van der Waals surface area contributed by atoms with E-state index in [1.54, 1.807) is 0 Å². The maximum Gasteiger partial charge on any atom is 0.225 e. The predicted octanol–water partition coefficient (Wildman–Crippen LogP) is 2.77. The van der Waals surface area contributed by atoms with Crippen molar-refractivity contribution in [3.05, 3.63) is 59.7 Å². The highest BCUT2D eigenvalue weighted by atomic mass is 35.5. The van der Waals surface area contributed by atoms with E-state index in [1.165, 1.54) is 11.1 Å². The first-order chi connectivity index (χ1) is 9.65. The van der Waals surface area contributed by atoms with E-state index in [2.05, 4.69) is 16.3 Å². The van der Waals surface area contributed by atoms with Crippen LogP contribution >= 0.6 is 12.4 Å². The van der Waals surface area contributed by atoms with Gasteiger partial charge in [0, 0.05) is 5.69 Å². The number of rotatable bonds is 4. The smallest absolute Gasteiger partial charge is 0.225 e. The monoisotopic (exact) mass is 308 g/mol. The van der Waals surface area contributed by atoms with E-state index in [0.717, 1.165) is 11.4 Å². The van der Waals surface area contributed by atoms with Crippen LogP contribution in [0.3, 0.4) is 0 Å². The highest BCUT2D eigenvalue weighted by Crippen LogP contribution is 2.06. The van der Waals surface area contributed by atoms with E-state index in [1.807, 2.05) is 62.4 Å². The molecule has 0 aliphatic heterocycles. The number of carbonyl (C=O) groups is 1. The average Bonchev–Trinajstić information content (AvgIpc) is 2.48. The molecule has 0 unspecified atom stereocenters. The molecule has 0 spiro atoms. The van der Waals surface area contributed by atoms with Crippen LogP contribution in [0.1, 0.15) is 11.1 Å². The molecule has 0 radical (unpaired) electrons. The second kappa shape index (κ2) is 10.5. The molecule has 5 N–H and O–H groups in total. The van der Waals surface area contributed by atoms with Crippen molar-refractivity contribution in [2.45, 2.75) is 13.8 Å². The fourth-order valence-corrected chi connectivity index (χ4v) is 1.40. The first-order valence-corrected chi connectivity index (χ1v) is 6.21. The maximum absolute atomic E-state index is 9.87. The van der Waals surface area contributed by atoms with Gasteiger partial charge in [-0.15, -0.1) is 12.4 Å². The number of hydrogen-bond acceptors (Lipinski definition) is 4. The minimum absolute atomic E-state index is 0. The molecule has 6 heteroatoms. The Labute approximate surface area is 131 Å². The van der Waals surface area contributed by atoms with Gasteiger partial charge in [0.1, 0.15) is 0 Å². The van der Waals surface area contributed by atoms with Gasteiger partial charge in [-0.25, -0.2) is 0 Å². The van der Waals surface area contributed by atoms with Gasteiger partial charge in [-0.2, -0.15) is 0 Å². The van der Waals surface area contributed by atoms with E-state index >= 15 is 0 Å².